The second kappa shape index (κ2) is 8.44. The number of benzene rings is 2. The van der Waals surface area contributed by atoms with Crippen LogP contribution in [-0.4, -0.2) is 32.1 Å². The molecule has 0 spiro atoms. The van der Waals surface area contributed by atoms with Crippen molar-refractivity contribution < 1.29 is 4.74 Å². The second-order valence-corrected chi connectivity index (χ2v) is 6.89. The van der Waals surface area contributed by atoms with Crippen molar-refractivity contribution in [2.45, 2.75) is 12.0 Å². The van der Waals surface area contributed by atoms with Crippen molar-refractivity contribution in [3.05, 3.63) is 82.9 Å². The maximum absolute atomic E-state index is 6.10. The van der Waals surface area contributed by atoms with Crippen LogP contribution >= 0.6 is 15.9 Å². The van der Waals surface area contributed by atoms with Crippen molar-refractivity contribution in [1.82, 2.24) is 4.90 Å². The average Bonchev–Trinajstić information content (AvgIpc) is 2.57. The predicted octanol–water partition coefficient (Wildman–Crippen LogP) is 4.81. The monoisotopic (exact) mass is 373 g/mol. The number of ether oxygens (including phenoxy) is 1. The van der Waals surface area contributed by atoms with Crippen LogP contribution in [0.4, 0.5) is 0 Å². The molecule has 23 heavy (non-hydrogen) atoms. The fourth-order valence-electron chi connectivity index (χ4n) is 2.93. The van der Waals surface area contributed by atoms with Gasteiger partial charge in [-0.3, -0.25) is 0 Å². The molecule has 0 saturated carbocycles. The fraction of sp³-hybridized carbons (Fsp3) is 0.300. The first-order valence-electron chi connectivity index (χ1n) is 7.76. The number of hydrogen-bond acceptors (Lipinski definition) is 2. The Kier molecular flexibility index (Phi) is 6.58. The molecule has 122 valence electrons. The minimum Gasteiger partial charge on any atom is -0.369 e. The van der Waals surface area contributed by atoms with Gasteiger partial charge in [-0.1, -0.05) is 83.2 Å². The second-order valence-electron chi connectivity index (χ2n) is 5.77. The molecule has 0 unspecified atom stereocenters. The lowest BCUT2D eigenvalue weighted by Gasteiger charge is -2.35. The molecule has 0 bridgehead atoms. The van der Waals surface area contributed by atoms with Gasteiger partial charge in [-0.15, -0.1) is 0 Å². The third kappa shape index (κ3) is 4.54. The Morgan fingerprint density at radius 2 is 1.52 bits per heavy atom. The molecule has 0 aliphatic carbocycles. The van der Waals surface area contributed by atoms with E-state index in [0.29, 0.717) is 0 Å². The van der Waals surface area contributed by atoms with E-state index in [-0.39, 0.29) is 0 Å². The van der Waals surface area contributed by atoms with Gasteiger partial charge in [0.25, 0.3) is 0 Å². The van der Waals surface area contributed by atoms with E-state index in [1.165, 1.54) is 11.1 Å². The van der Waals surface area contributed by atoms with E-state index < -0.39 is 5.60 Å². The van der Waals surface area contributed by atoms with Crippen LogP contribution in [0.2, 0.25) is 0 Å². The van der Waals surface area contributed by atoms with E-state index in [9.17, 15) is 0 Å². The van der Waals surface area contributed by atoms with Gasteiger partial charge >= 0.3 is 0 Å². The van der Waals surface area contributed by atoms with Crippen LogP contribution in [0.15, 0.2) is 71.7 Å². The maximum Gasteiger partial charge on any atom is 0.119 e. The van der Waals surface area contributed by atoms with E-state index in [4.69, 9.17) is 4.74 Å². The standard InChI is InChI=1S/C20H24BrNO/c1-17(21)16-22(2)15-14-20(23-3,18-10-6-4-7-11-18)19-12-8-5-9-13-19/h4-13H,1,14-16H2,2-3H3. The summed E-state index contributed by atoms with van der Waals surface area (Å²) in [5.74, 6) is 0. The SMILES string of the molecule is C=C(Br)CN(C)CCC(OC)(c1ccccc1)c1ccccc1. The molecule has 3 heteroatoms. The quantitative estimate of drug-likeness (QED) is 0.658. The van der Waals surface area contributed by atoms with E-state index >= 15 is 0 Å². The molecule has 0 aliphatic rings. The highest BCUT2D eigenvalue weighted by Gasteiger charge is 2.34. The summed E-state index contributed by atoms with van der Waals surface area (Å²) in [6.45, 7) is 5.65. The Balaban J connectivity index is 2.33. The van der Waals surface area contributed by atoms with Crippen molar-refractivity contribution in [3.63, 3.8) is 0 Å². The topological polar surface area (TPSA) is 12.5 Å². The van der Waals surface area contributed by atoms with Crippen molar-refractivity contribution in [1.29, 1.82) is 0 Å². The number of halogens is 1. The lowest BCUT2D eigenvalue weighted by Crippen LogP contribution is -2.35. The van der Waals surface area contributed by atoms with Crippen molar-refractivity contribution in [2.24, 2.45) is 0 Å². The lowest BCUT2D eigenvalue weighted by molar-refractivity contribution is 0.00854. The van der Waals surface area contributed by atoms with Gasteiger partial charge in [-0.25, -0.2) is 0 Å². The van der Waals surface area contributed by atoms with Crippen molar-refractivity contribution in [2.75, 3.05) is 27.2 Å². The van der Waals surface area contributed by atoms with Crippen molar-refractivity contribution >= 4 is 15.9 Å². The summed E-state index contributed by atoms with van der Waals surface area (Å²) in [5.41, 5.74) is 1.92. The summed E-state index contributed by atoms with van der Waals surface area (Å²) in [4.78, 5) is 2.25. The molecule has 2 aromatic carbocycles. The van der Waals surface area contributed by atoms with E-state index in [0.717, 1.165) is 24.0 Å². The van der Waals surface area contributed by atoms with Gasteiger partial charge in [0.15, 0.2) is 0 Å². The number of hydrogen-bond donors (Lipinski definition) is 0. The third-order valence-electron chi connectivity index (χ3n) is 4.12. The van der Waals surface area contributed by atoms with E-state index in [1.807, 2.05) is 12.1 Å². The Bertz CT molecular complexity index is 573. The average molecular weight is 374 g/mol. The predicted molar refractivity (Wildman–Crippen MR) is 101 cm³/mol. The minimum atomic E-state index is -0.440. The minimum absolute atomic E-state index is 0.440. The first-order chi connectivity index (χ1) is 11.1. The normalized spacial score (nSPS) is 11.7. The zero-order valence-electron chi connectivity index (χ0n) is 13.8. The van der Waals surface area contributed by atoms with E-state index in [1.54, 1.807) is 7.11 Å². The first kappa shape index (κ1) is 17.9. The molecular formula is C20H24BrNO. The summed E-state index contributed by atoms with van der Waals surface area (Å²) in [6.07, 6.45) is 0.869. The largest absolute Gasteiger partial charge is 0.369 e. The molecule has 0 fully saturated rings. The molecule has 0 amide bonds. The van der Waals surface area contributed by atoms with E-state index in [2.05, 4.69) is 83.0 Å². The van der Waals surface area contributed by atoms with Crippen LogP contribution in [0.5, 0.6) is 0 Å². The maximum atomic E-state index is 6.10. The highest BCUT2D eigenvalue weighted by atomic mass is 79.9. The first-order valence-corrected chi connectivity index (χ1v) is 8.56. The molecule has 0 aliphatic heterocycles. The molecule has 0 aromatic heterocycles. The highest BCUT2D eigenvalue weighted by Crippen LogP contribution is 2.36. The summed E-state index contributed by atoms with van der Waals surface area (Å²) < 4.78 is 7.09. The number of methoxy groups -OCH3 is 1. The van der Waals surface area contributed by atoms with Crippen LogP contribution in [0.3, 0.4) is 0 Å². The molecular weight excluding hydrogens is 350 g/mol. The Labute approximate surface area is 147 Å². The van der Waals surface area contributed by atoms with Gasteiger partial charge in [-0.05, 0) is 24.6 Å². The van der Waals surface area contributed by atoms with Crippen molar-refractivity contribution in [3.8, 4) is 0 Å². The molecule has 2 aromatic rings. The van der Waals surface area contributed by atoms with Gasteiger partial charge in [0.05, 0.1) is 0 Å². The molecule has 0 saturated heterocycles. The Morgan fingerprint density at radius 3 is 1.91 bits per heavy atom. The summed E-state index contributed by atoms with van der Waals surface area (Å²) >= 11 is 3.43. The van der Waals surface area contributed by atoms with Gasteiger partial charge < -0.3 is 9.64 Å². The molecule has 0 radical (unpaired) electrons. The van der Waals surface area contributed by atoms with Crippen LogP contribution in [0.25, 0.3) is 0 Å². The fourth-order valence-corrected chi connectivity index (χ4v) is 3.36. The Morgan fingerprint density at radius 1 is 1.04 bits per heavy atom. The number of nitrogens with zero attached hydrogens (tertiary/aromatic N) is 1. The molecule has 0 N–H and O–H groups in total. The van der Waals surface area contributed by atoms with Gasteiger partial charge in [0, 0.05) is 24.7 Å². The number of likely N-dealkylation sites (N-methyl/N-ethyl adjacent to an activating group) is 1. The van der Waals surface area contributed by atoms with Gasteiger partial charge in [-0.2, -0.15) is 0 Å². The molecule has 2 nitrogen and oxygen atoms in total. The zero-order valence-corrected chi connectivity index (χ0v) is 15.4. The van der Waals surface area contributed by atoms with Crippen LogP contribution in [0, 0.1) is 0 Å². The van der Waals surface area contributed by atoms with Crippen LogP contribution < -0.4 is 0 Å². The zero-order chi connectivity index (χ0) is 16.7. The van der Waals surface area contributed by atoms with Crippen LogP contribution in [-0.2, 0) is 10.3 Å². The van der Waals surface area contributed by atoms with Crippen LogP contribution in [0.1, 0.15) is 17.5 Å². The Hall–Kier alpha value is -1.42. The van der Waals surface area contributed by atoms with Gasteiger partial charge in [0.1, 0.15) is 5.60 Å². The number of rotatable bonds is 8. The lowest BCUT2D eigenvalue weighted by atomic mass is 9.83. The molecule has 0 atom stereocenters. The smallest absolute Gasteiger partial charge is 0.119 e. The molecule has 0 heterocycles. The third-order valence-corrected chi connectivity index (χ3v) is 4.37. The highest BCUT2D eigenvalue weighted by molar-refractivity contribution is 9.11. The summed E-state index contributed by atoms with van der Waals surface area (Å²) in [5, 5.41) is 0. The molecule has 2 rings (SSSR count). The summed E-state index contributed by atoms with van der Waals surface area (Å²) in [7, 11) is 3.90. The summed E-state index contributed by atoms with van der Waals surface area (Å²) in [6, 6.07) is 20.9. The van der Waals surface area contributed by atoms with Gasteiger partial charge in [0.2, 0.25) is 0 Å².